The average molecular weight is 285 g/mol. The molecule has 1 fully saturated rings. The van der Waals surface area contributed by atoms with E-state index in [1.54, 1.807) is 12.1 Å². The van der Waals surface area contributed by atoms with Crippen LogP contribution in [0.2, 0.25) is 5.02 Å². The van der Waals surface area contributed by atoms with Crippen LogP contribution in [0.3, 0.4) is 0 Å². The highest BCUT2D eigenvalue weighted by Gasteiger charge is 2.24. The lowest BCUT2D eigenvalue weighted by atomic mass is 9.98. The second kappa shape index (κ2) is 7.22. The van der Waals surface area contributed by atoms with Gasteiger partial charge in [0.2, 0.25) is 0 Å². The van der Waals surface area contributed by atoms with Gasteiger partial charge in [0, 0.05) is 42.8 Å². The molecule has 1 heterocycles. The van der Waals surface area contributed by atoms with Crippen LogP contribution in [0.15, 0.2) is 18.2 Å². The maximum Gasteiger partial charge on any atom is 0.128 e. The molecule has 1 atom stereocenters. The molecule has 0 spiro atoms. The van der Waals surface area contributed by atoms with Gasteiger partial charge in [-0.25, -0.2) is 4.39 Å². The lowest BCUT2D eigenvalue weighted by Gasteiger charge is -2.35. The third kappa shape index (κ3) is 3.91. The zero-order chi connectivity index (χ0) is 13.7. The van der Waals surface area contributed by atoms with Crippen molar-refractivity contribution in [1.29, 1.82) is 0 Å². The Balaban J connectivity index is 2.22. The molecule has 106 valence electrons. The van der Waals surface area contributed by atoms with E-state index in [1.165, 1.54) is 6.07 Å². The van der Waals surface area contributed by atoms with E-state index in [2.05, 4.69) is 17.1 Å². The maximum absolute atomic E-state index is 14.1. The monoisotopic (exact) mass is 284 g/mol. The number of unbranched alkanes of at least 4 members (excludes halogenated alkanes) is 1. The van der Waals surface area contributed by atoms with E-state index < -0.39 is 0 Å². The Bertz CT molecular complexity index is 405. The molecular formula is C15H22ClFN2. The van der Waals surface area contributed by atoms with Gasteiger partial charge in [0.05, 0.1) is 0 Å². The predicted molar refractivity (Wildman–Crippen MR) is 78.1 cm³/mol. The van der Waals surface area contributed by atoms with Gasteiger partial charge in [0.1, 0.15) is 5.82 Å². The van der Waals surface area contributed by atoms with Crippen LogP contribution in [0.25, 0.3) is 0 Å². The first-order chi connectivity index (χ1) is 9.22. The largest absolute Gasteiger partial charge is 0.314 e. The molecule has 19 heavy (non-hydrogen) atoms. The van der Waals surface area contributed by atoms with Gasteiger partial charge in [-0.05, 0) is 24.6 Å². The normalized spacial score (nSPS) is 18.5. The summed E-state index contributed by atoms with van der Waals surface area (Å²) in [6, 6.07) is 5.05. The second-order valence-electron chi connectivity index (χ2n) is 5.11. The first-order valence-corrected chi connectivity index (χ1v) is 7.50. The Hall–Kier alpha value is -0.640. The number of nitrogens with zero attached hydrogens (tertiary/aromatic N) is 1. The summed E-state index contributed by atoms with van der Waals surface area (Å²) in [4.78, 5) is 2.38. The van der Waals surface area contributed by atoms with Gasteiger partial charge in [0.15, 0.2) is 0 Å². The number of hydrogen-bond acceptors (Lipinski definition) is 2. The van der Waals surface area contributed by atoms with Gasteiger partial charge < -0.3 is 5.32 Å². The molecule has 0 aliphatic carbocycles. The second-order valence-corrected chi connectivity index (χ2v) is 5.55. The van der Waals surface area contributed by atoms with Gasteiger partial charge in [-0.2, -0.15) is 0 Å². The van der Waals surface area contributed by atoms with Crippen LogP contribution < -0.4 is 5.32 Å². The smallest absolute Gasteiger partial charge is 0.128 e. The molecule has 1 aromatic carbocycles. The molecule has 1 aliphatic heterocycles. The van der Waals surface area contributed by atoms with E-state index in [0.29, 0.717) is 5.02 Å². The molecule has 0 radical (unpaired) electrons. The zero-order valence-corrected chi connectivity index (χ0v) is 12.2. The van der Waals surface area contributed by atoms with Gasteiger partial charge in [-0.3, -0.25) is 4.90 Å². The Morgan fingerprint density at radius 3 is 2.79 bits per heavy atom. The molecule has 2 rings (SSSR count). The minimum absolute atomic E-state index is 0.135. The summed E-state index contributed by atoms with van der Waals surface area (Å²) in [7, 11) is 0. The SMILES string of the molecule is CCCC[C@@H](c1cc(Cl)ccc1F)N1CCNCC1. The molecule has 2 nitrogen and oxygen atoms in total. The van der Waals surface area contributed by atoms with Gasteiger partial charge in [-0.15, -0.1) is 0 Å². The van der Waals surface area contributed by atoms with Crippen molar-refractivity contribution >= 4 is 11.6 Å². The highest BCUT2D eigenvalue weighted by molar-refractivity contribution is 6.30. The minimum atomic E-state index is -0.135. The molecule has 1 aliphatic rings. The molecule has 0 unspecified atom stereocenters. The molecule has 0 aromatic heterocycles. The van der Waals surface area contributed by atoms with Gasteiger partial charge in [0.25, 0.3) is 0 Å². The van der Waals surface area contributed by atoms with Crippen molar-refractivity contribution in [2.45, 2.75) is 32.2 Å². The summed E-state index contributed by atoms with van der Waals surface area (Å²) in [6.07, 6.45) is 3.24. The van der Waals surface area contributed by atoms with Gasteiger partial charge >= 0.3 is 0 Å². The summed E-state index contributed by atoms with van der Waals surface area (Å²) >= 11 is 6.04. The fourth-order valence-electron chi connectivity index (χ4n) is 2.70. The van der Waals surface area contributed by atoms with E-state index in [1.807, 2.05) is 0 Å². The van der Waals surface area contributed by atoms with Crippen LogP contribution in [-0.2, 0) is 0 Å². The molecule has 4 heteroatoms. The summed E-state index contributed by atoms with van der Waals surface area (Å²) in [5.74, 6) is -0.135. The van der Waals surface area contributed by atoms with Crippen LogP contribution >= 0.6 is 11.6 Å². The van der Waals surface area contributed by atoms with Crippen molar-refractivity contribution in [3.63, 3.8) is 0 Å². The summed E-state index contributed by atoms with van der Waals surface area (Å²) < 4.78 is 14.1. The number of benzene rings is 1. The Labute approximate surface area is 119 Å². The quantitative estimate of drug-likeness (QED) is 0.888. The number of halogens is 2. The van der Waals surface area contributed by atoms with Crippen LogP contribution in [0.4, 0.5) is 4.39 Å². The standard InChI is InChI=1S/C15H22ClFN2/c1-2-3-4-15(19-9-7-18-8-10-19)13-11-12(16)5-6-14(13)17/h5-6,11,15,18H,2-4,7-10H2,1H3/t15-/m0/s1. The molecule has 0 bridgehead atoms. The summed E-state index contributed by atoms with van der Waals surface area (Å²) in [5.41, 5.74) is 0.753. The molecule has 1 aromatic rings. The number of piperazine rings is 1. The van der Waals surface area contributed by atoms with Crippen molar-refractivity contribution in [3.8, 4) is 0 Å². The molecule has 0 saturated carbocycles. The highest BCUT2D eigenvalue weighted by Crippen LogP contribution is 2.30. The predicted octanol–water partition coefficient (Wildman–Crippen LogP) is 3.62. The first kappa shape index (κ1) is 14.8. The maximum atomic E-state index is 14.1. The van der Waals surface area contributed by atoms with Crippen molar-refractivity contribution in [2.24, 2.45) is 0 Å². The van der Waals surface area contributed by atoms with E-state index in [9.17, 15) is 4.39 Å². The van der Waals surface area contributed by atoms with E-state index >= 15 is 0 Å². The molecular weight excluding hydrogens is 263 g/mol. The van der Waals surface area contributed by atoms with Gasteiger partial charge in [-0.1, -0.05) is 31.4 Å². The minimum Gasteiger partial charge on any atom is -0.314 e. The van der Waals surface area contributed by atoms with E-state index in [0.717, 1.165) is 51.0 Å². The van der Waals surface area contributed by atoms with Crippen molar-refractivity contribution in [3.05, 3.63) is 34.6 Å². The lowest BCUT2D eigenvalue weighted by Crippen LogP contribution is -2.45. The van der Waals surface area contributed by atoms with Crippen LogP contribution in [-0.4, -0.2) is 31.1 Å². The van der Waals surface area contributed by atoms with Crippen molar-refractivity contribution < 1.29 is 4.39 Å². The number of hydrogen-bond donors (Lipinski definition) is 1. The third-order valence-corrected chi connectivity index (χ3v) is 3.98. The fourth-order valence-corrected chi connectivity index (χ4v) is 2.88. The van der Waals surface area contributed by atoms with Crippen molar-refractivity contribution in [2.75, 3.05) is 26.2 Å². The topological polar surface area (TPSA) is 15.3 Å². The molecule has 0 amide bonds. The summed E-state index contributed by atoms with van der Waals surface area (Å²) in [6.45, 7) is 6.07. The van der Waals surface area contributed by atoms with Crippen molar-refractivity contribution in [1.82, 2.24) is 10.2 Å². The average Bonchev–Trinajstić information content (AvgIpc) is 2.44. The number of rotatable bonds is 5. The number of nitrogens with one attached hydrogen (secondary N) is 1. The molecule has 1 N–H and O–H groups in total. The third-order valence-electron chi connectivity index (χ3n) is 3.74. The first-order valence-electron chi connectivity index (χ1n) is 7.12. The summed E-state index contributed by atoms with van der Waals surface area (Å²) in [5, 5.41) is 3.96. The highest BCUT2D eigenvalue weighted by atomic mass is 35.5. The van der Waals surface area contributed by atoms with Crippen LogP contribution in [0.5, 0.6) is 0 Å². The van der Waals surface area contributed by atoms with Crippen LogP contribution in [0.1, 0.15) is 37.8 Å². The zero-order valence-electron chi connectivity index (χ0n) is 11.5. The van der Waals surface area contributed by atoms with Crippen LogP contribution in [0, 0.1) is 5.82 Å². The fraction of sp³-hybridized carbons (Fsp3) is 0.600. The Kier molecular flexibility index (Phi) is 5.61. The lowest BCUT2D eigenvalue weighted by molar-refractivity contribution is 0.160. The van der Waals surface area contributed by atoms with E-state index in [4.69, 9.17) is 11.6 Å². The Morgan fingerprint density at radius 2 is 2.11 bits per heavy atom. The Morgan fingerprint density at radius 1 is 1.37 bits per heavy atom. The molecule has 1 saturated heterocycles. The van der Waals surface area contributed by atoms with E-state index in [-0.39, 0.29) is 11.9 Å².